The molecule has 0 unspecified atom stereocenters. The molecule has 0 atom stereocenters. The quantitative estimate of drug-likeness (QED) is 0.538. The summed E-state index contributed by atoms with van der Waals surface area (Å²) in [6.45, 7) is 0.858. The van der Waals surface area contributed by atoms with Crippen molar-refractivity contribution < 1.29 is 4.74 Å². The van der Waals surface area contributed by atoms with Gasteiger partial charge in [0.25, 0.3) is 0 Å². The molecule has 96 valence electrons. The molecule has 0 aliphatic rings. The van der Waals surface area contributed by atoms with Crippen molar-refractivity contribution in [2.75, 3.05) is 24.7 Å². The summed E-state index contributed by atoms with van der Waals surface area (Å²) in [5, 5.41) is 3.30. The Kier molecular flexibility index (Phi) is 4.06. The van der Waals surface area contributed by atoms with E-state index in [1.807, 2.05) is 24.4 Å². The monoisotopic (exact) mass is 246 g/mol. The highest BCUT2D eigenvalue weighted by Crippen LogP contribution is 2.23. The maximum Gasteiger partial charge on any atom is 0.121 e. The number of H-pyrrole nitrogens is 1. The normalized spacial score (nSPS) is 10.3. The van der Waals surface area contributed by atoms with E-state index in [1.165, 1.54) is 0 Å². The summed E-state index contributed by atoms with van der Waals surface area (Å²) in [5.74, 6) is 1.79. The van der Waals surface area contributed by atoms with Gasteiger partial charge in [0, 0.05) is 31.4 Å². The molecule has 0 aliphatic heterocycles. The minimum atomic E-state index is 0.701. The van der Waals surface area contributed by atoms with Gasteiger partial charge in [-0.2, -0.15) is 0 Å². The minimum Gasteiger partial charge on any atom is -0.497 e. The maximum absolute atomic E-state index is 5.91. The first-order valence-electron chi connectivity index (χ1n) is 5.95. The first kappa shape index (κ1) is 12.3. The fourth-order valence-electron chi connectivity index (χ4n) is 1.74. The second kappa shape index (κ2) is 5.95. The summed E-state index contributed by atoms with van der Waals surface area (Å²) in [4.78, 5) is 7.26. The molecule has 5 heteroatoms. The van der Waals surface area contributed by atoms with Crippen LogP contribution in [0, 0.1) is 0 Å². The standard InChI is InChI=1S/C13H18N4O/c1-18-10-4-5-12(11(14)9-10)15-6-2-3-13-16-7-8-17-13/h4-5,7-9,15H,2-3,6,14H2,1H3,(H,16,17). The molecule has 18 heavy (non-hydrogen) atoms. The number of nitrogen functional groups attached to an aromatic ring is 1. The van der Waals surface area contributed by atoms with Gasteiger partial charge in [-0.3, -0.25) is 0 Å². The molecule has 0 amide bonds. The average molecular weight is 246 g/mol. The number of nitrogens with two attached hydrogens (primary N) is 1. The Morgan fingerprint density at radius 2 is 2.33 bits per heavy atom. The predicted octanol–water partition coefficient (Wildman–Crippen LogP) is 2.05. The topological polar surface area (TPSA) is 76.0 Å². The number of imidazole rings is 1. The van der Waals surface area contributed by atoms with Gasteiger partial charge >= 0.3 is 0 Å². The Morgan fingerprint density at radius 1 is 1.44 bits per heavy atom. The van der Waals surface area contributed by atoms with Crippen LogP contribution in [0.1, 0.15) is 12.2 Å². The predicted molar refractivity (Wildman–Crippen MR) is 72.8 cm³/mol. The van der Waals surface area contributed by atoms with E-state index in [4.69, 9.17) is 10.5 Å². The number of hydrogen-bond donors (Lipinski definition) is 3. The third kappa shape index (κ3) is 3.16. The summed E-state index contributed by atoms with van der Waals surface area (Å²) >= 11 is 0. The average Bonchev–Trinajstić information content (AvgIpc) is 2.89. The van der Waals surface area contributed by atoms with Crippen LogP contribution >= 0.6 is 0 Å². The smallest absolute Gasteiger partial charge is 0.121 e. The third-order valence-corrected chi connectivity index (χ3v) is 2.72. The molecular weight excluding hydrogens is 228 g/mol. The summed E-state index contributed by atoms with van der Waals surface area (Å²) in [7, 11) is 1.63. The lowest BCUT2D eigenvalue weighted by Crippen LogP contribution is -2.05. The van der Waals surface area contributed by atoms with E-state index in [1.54, 1.807) is 13.3 Å². The van der Waals surface area contributed by atoms with Gasteiger partial charge in [-0.1, -0.05) is 0 Å². The molecule has 0 fully saturated rings. The van der Waals surface area contributed by atoms with Gasteiger partial charge in [-0.25, -0.2) is 4.98 Å². The Hall–Kier alpha value is -2.17. The number of nitrogens with one attached hydrogen (secondary N) is 2. The van der Waals surface area contributed by atoms with Crippen LogP contribution < -0.4 is 15.8 Å². The molecule has 4 N–H and O–H groups in total. The van der Waals surface area contributed by atoms with Gasteiger partial charge in [0.2, 0.25) is 0 Å². The molecule has 0 saturated carbocycles. The number of ether oxygens (including phenoxy) is 1. The van der Waals surface area contributed by atoms with E-state index >= 15 is 0 Å². The Bertz CT molecular complexity index is 482. The second-order valence-corrected chi connectivity index (χ2v) is 4.02. The van der Waals surface area contributed by atoms with Gasteiger partial charge in [-0.15, -0.1) is 0 Å². The number of aromatic nitrogens is 2. The summed E-state index contributed by atoms with van der Waals surface area (Å²) < 4.78 is 5.10. The van der Waals surface area contributed by atoms with E-state index in [2.05, 4.69) is 15.3 Å². The summed E-state index contributed by atoms with van der Waals surface area (Å²) in [6, 6.07) is 5.64. The Balaban J connectivity index is 1.79. The number of rotatable bonds is 6. The molecule has 0 aliphatic carbocycles. The zero-order valence-electron chi connectivity index (χ0n) is 10.4. The van der Waals surface area contributed by atoms with E-state index in [9.17, 15) is 0 Å². The van der Waals surface area contributed by atoms with Crippen LogP contribution in [0.25, 0.3) is 0 Å². The van der Waals surface area contributed by atoms with Crippen molar-refractivity contribution in [1.29, 1.82) is 0 Å². The lowest BCUT2D eigenvalue weighted by atomic mass is 10.2. The third-order valence-electron chi connectivity index (χ3n) is 2.72. The molecule has 1 aromatic carbocycles. The highest BCUT2D eigenvalue weighted by atomic mass is 16.5. The first-order valence-corrected chi connectivity index (χ1v) is 5.95. The number of hydrogen-bond acceptors (Lipinski definition) is 4. The minimum absolute atomic E-state index is 0.701. The first-order chi connectivity index (χ1) is 8.79. The number of nitrogens with zero attached hydrogens (tertiary/aromatic N) is 1. The van der Waals surface area contributed by atoms with Crippen LogP contribution in [-0.2, 0) is 6.42 Å². The Labute approximate surface area is 106 Å². The summed E-state index contributed by atoms with van der Waals surface area (Å²) in [6.07, 6.45) is 5.53. The van der Waals surface area contributed by atoms with Gasteiger partial charge < -0.3 is 20.8 Å². The van der Waals surface area contributed by atoms with Crippen molar-refractivity contribution in [2.24, 2.45) is 0 Å². The van der Waals surface area contributed by atoms with Crippen LogP contribution in [0.15, 0.2) is 30.6 Å². The van der Waals surface area contributed by atoms with Crippen molar-refractivity contribution >= 4 is 11.4 Å². The number of aromatic amines is 1. The van der Waals surface area contributed by atoms with Crippen LogP contribution in [0.2, 0.25) is 0 Å². The number of aryl methyl sites for hydroxylation is 1. The highest BCUT2D eigenvalue weighted by Gasteiger charge is 2.01. The van der Waals surface area contributed by atoms with Gasteiger partial charge in [-0.05, 0) is 18.6 Å². The van der Waals surface area contributed by atoms with Gasteiger partial charge in [0.05, 0.1) is 18.5 Å². The van der Waals surface area contributed by atoms with Crippen molar-refractivity contribution in [3.63, 3.8) is 0 Å². The molecule has 0 radical (unpaired) electrons. The zero-order chi connectivity index (χ0) is 12.8. The summed E-state index contributed by atoms with van der Waals surface area (Å²) in [5.41, 5.74) is 7.55. The maximum atomic E-state index is 5.91. The lowest BCUT2D eigenvalue weighted by Gasteiger charge is -2.10. The molecule has 2 rings (SSSR count). The van der Waals surface area contributed by atoms with Gasteiger partial charge in [0.15, 0.2) is 0 Å². The van der Waals surface area contributed by atoms with Crippen LogP contribution in [0.3, 0.4) is 0 Å². The van der Waals surface area contributed by atoms with Gasteiger partial charge in [0.1, 0.15) is 11.6 Å². The molecule has 1 aromatic heterocycles. The van der Waals surface area contributed by atoms with E-state index < -0.39 is 0 Å². The molecule has 1 heterocycles. The SMILES string of the molecule is COc1ccc(NCCCc2ncc[nH]2)c(N)c1. The molecule has 0 saturated heterocycles. The van der Waals surface area contributed by atoms with E-state index in [-0.39, 0.29) is 0 Å². The van der Waals surface area contributed by atoms with Crippen LogP contribution in [0.5, 0.6) is 5.75 Å². The molecular formula is C13H18N4O. The van der Waals surface area contributed by atoms with Crippen LogP contribution in [-0.4, -0.2) is 23.6 Å². The molecule has 0 spiro atoms. The zero-order valence-corrected chi connectivity index (χ0v) is 10.4. The molecule has 2 aromatic rings. The number of benzene rings is 1. The van der Waals surface area contributed by atoms with Crippen molar-refractivity contribution in [3.05, 3.63) is 36.4 Å². The molecule has 5 nitrogen and oxygen atoms in total. The fraction of sp³-hybridized carbons (Fsp3) is 0.308. The molecule has 0 bridgehead atoms. The van der Waals surface area contributed by atoms with E-state index in [0.29, 0.717) is 5.69 Å². The number of anilines is 2. The fourth-order valence-corrected chi connectivity index (χ4v) is 1.74. The van der Waals surface area contributed by atoms with Crippen molar-refractivity contribution in [2.45, 2.75) is 12.8 Å². The highest BCUT2D eigenvalue weighted by molar-refractivity contribution is 5.68. The van der Waals surface area contributed by atoms with Crippen molar-refractivity contribution in [1.82, 2.24) is 9.97 Å². The van der Waals surface area contributed by atoms with Crippen LogP contribution in [0.4, 0.5) is 11.4 Å². The Morgan fingerprint density at radius 3 is 3.00 bits per heavy atom. The van der Waals surface area contributed by atoms with Crippen molar-refractivity contribution in [3.8, 4) is 5.75 Å². The van der Waals surface area contributed by atoms with E-state index in [0.717, 1.165) is 36.6 Å². The largest absolute Gasteiger partial charge is 0.497 e. The second-order valence-electron chi connectivity index (χ2n) is 4.02. The number of methoxy groups -OCH3 is 1. The lowest BCUT2D eigenvalue weighted by molar-refractivity contribution is 0.415.